The maximum absolute atomic E-state index is 12.6. The molecule has 0 bridgehead atoms. The van der Waals surface area contributed by atoms with Crippen molar-refractivity contribution in [3.05, 3.63) is 44.3 Å². The molecule has 0 fully saturated rings. The van der Waals surface area contributed by atoms with Crippen LogP contribution >= 0.6 is 23.6 Å². The Morgan fingerprint density at radius 3 is 2.87 bits per heavy atom. The van der Waals surface area contributed by atoms with Crippen molar-refractivity contribution in [1.29, 1.82) is 5.26 Å². The third kappa shape index (κ3) is 5.00. The maximum Gasteiger partial charge on any atom is 0.225 e. The number of nitrogens with zero attached hydrogens (tertiary/aromatic N) is 1. The van der Waals surface area contributed by atoms with E-state index < -0.39 is 0 Å². The topological polar surface area (TPSA) is 71.3 Å². The molecule has 5 nitrogen and oxygen atoms in total. The summed E-state index contributed by atoms with van der Waals surface area (Å²) in [5, 5.41) is 13.2. The predicted molar refractivity (Wildman–Crippen MR) is 122 cm³/mol. The maximum atomic E-state index is 12.6. The highest BCUT2D eigenvalue weighted by Crippen LogP contribution is 2.36. The van der Waals surface area contributed by atoms with Gasteiger partial charge in [-0.25, -0.2) is 0 Å². The molecule has 30 heavy (non-hydrogen) atoms. The van der Waals surface area contributed by atoms with Crippen molar-refractivity contribution in [2.75, 3.05) is 19.0 Å². The number of ether oxygens (including phenoxy) is 2. The average molecular weight is 443 g/mol. The molecule has 1 aromatic carbocycles. The molecule has 2 aromatic rings. The number of rotatable bonds is 7. The van der Waals surface area contributed by atoms with E-state index in [0.717, 1.165) is 39.8 Å². The highest BCUT2D eigenvalue weighted by molar-refractivity contribution is 7.73. The van der Waals surface area contributed by atoms with E-state index in [2.05, 4.69) is 18.3 Å². The van der Waals surface area contributed by atoms with Crippen LogP contribution < -0.4 is 14.8 Å². The number of benzene rings is 1. The number of aryl methyl sites for hydroxylation is 1. The standard InChI is InChI=1S/C23H26N2O3S2/c1-4-28-19-9-6-15(12-20(19)27-3)7-10-21(26)25-22-18(13-24)16-8-5-14(2)11-17(16)23(29)30-22/h6,9,12,14H,4-5,7-8,10-11H2,1-3H3,(H,25,26). The lowest BCUT2D eigenvalue weighted by molar-refractivity contribution is -0.116. The molecular weight excluding hydrogens is 416 g/mol. The minimum Gasteiger partial charge on any atom is -0.493 e. The van der Waals surface area contributed by atoms with Gasteiger partial charge >= 0.3 is 0 Å². The molecule has 1 N–H and O–H groups in total. The number of amides is 1. The molecule has 158 valence electrons. The third-order valence-electron chi connectivity index (χ3n) is 5.31. The smallest absolute Gasteiger partial charge is 0.225 e. The summed E-state index contributed by atoms with van der Waals surface area (Å²) in [6.07, 6.45) is 3.65. The van der Waals surface area contributed by atoms with Crippen LogP contribution in [0.5, 0.6) is 11.5 Å². The fraction of sp³-hybridized carbons (Fsp3) is 0.435. The SMILES string of the molecule is CCOc1ccc(CCC(=O)Nc2sc(=S)c3c(c2C#N)CCC(C)C3)cc1OC. The van der Waals surface area contributed by atoms with Crippen molar-refractivity contribution in [3.8, 4) is 17.6 Å². The second-order valence-corrected chi connectivity index (χ2v) is 9.16. The molecule has 1 aliphatic carbocycles. The van der Waals surface area contributed by atoms with Crippen LogP contribution in [0.2, 0.25) is 0 Å². The highest BCUT2D eigenvalue weighted by Gasteiger charge is 2.23. The van der Waals surface area contributed by atoms with E-state index in [4.69, 9.17) is 21.7 Å². The molecule has 1 aliphatic rings. The van der Waals surface area contributed by atoms with Crippen molar-refractivity contribution in [2.45, 2.75) is 46.0 Å². The first-order chi connectivity index (χ1) is 14.5. The summed E-state index contributed by atoms with van der Waals surface area (Å²) in [6, 6.07) is 7.99. The lowest BCUT2D eigenvalue weighted by atomic mass is 9.85. The van der Waals surface area contributed by atoms with Crippen LogP contribution in [0.25, 0.3) is 0 Å². The van der Waals surface area contributed by atoms with Gasteiger partial charge < -0.3 is 14.8 Å². The molecule has 1 heterocycles. The van der Waals surface area contributed by atoms with E-state index in [0.29, 0.717) is 47.4 Å². The van der Waals surface area contributed by atoms with Gasteiger partial charge in [-0.1, -0.05) is 25.2 Å². The van der Waals surface area contributed by atoms with Crippen LogP contribution in [-0.4, -0.2) is 19.6 Å². The van der Waals surface area contributed by atoms with E-state index in [1.807, 2.05) is 25.1 Å². The summed E-state index contributed by atoms with van der Waals surface area (Å²) < 4.78 is 11.7. The molecule has 7 heteroatoms. The predicted octanol–water partition coefficient (Wildman–Crippen LogP) is 5.45. The van der Waals surface area contributed by atoms with E-state index in [9.17, 15) is 10.1 Å². The Hall–Kier alpha value is -2.43. The van der Waals surface area contributed by atoms with Gasteiger partial charge in [0, 0.05) is 6.42 Å². The number of hydrogen-bond acceptors (Lipinski definition) is 6. The zero-order chi connectivity index (χ0) is 21.7. The zero-order valence-electron chi connectivity index (χ0n) is 17.5. The van der Waals surface area contributed by atoms with Crippen molar-refractivity contribution in [1.82, 2.24) is 0 Å². The summed E-state index contributed by atoms with van der Waals surface area (Å²) in [5.41, 5.74) is 3.69. The molecule has 0 radical (unpaired) electrons. The number of anilines is 1. The van der Waals surface area contributed by atoms with E-state index >= 15 is 0 Å². The number of methoxy groups -OCH3 is 1. The normalized spacial score (nSPS) is 15.1. The summed E-state index contributed by atoms with van der Waals surface area (Å²) in [7, 11) is 1.60. The van der Waals surface area contributed by atoms with E-state index in [1.54, 1.807) is 7.11 Å². The monoisotopic (exact) mass is 442 g/mol. The lowest BCUT2D eigenvalue weighted by Gasteiger charge is -2.23. The molecule has 0 spiro atoms. The highest BCUT2D eigenvalue weighted by atomic mass is 32.1. The van der Waals surface area contributed by atoms with Gasteiger partial charge in [0.25, 0.3) is 0 Å². The fourth-order valence-electron chi connectivity index (χ4n) is 3.74. The summed E-state index contributed by atoms with van der Waals surface area (Å²) >= 11 is 6.91. The van der Waals surface area contributed by atoms with Gasteiger partial charge in [0.1, 0.15) is 11.1 Å². The zero-order valence-corrected chi connectivity index (χ0v) is 19.2. The Morgan fingerprint density at radius 1 is 1.37 bits per heavy atom. The van der Waals surface area contributed by atoms with Crippen LogP contribution in [0.4, 0.5) is 5.00 Å². The number of fused-ring (bicyclic) bond motifs is 1. The molecule has 1 aromatic heterocycles. The Labute approximate surface area is 186 Å². The second kappa shape index (κ2) is 10.1. The Kier molecular flexibility index (Phi) is 7.46. The molecule has 0 aliphatic heterocycles. The number of nitriles is 1. The van der Waals surface area contributed by atoms with Crippen LogP contribution in [0, 0.1) is 21.1 Å². The minimum atomic E-state index is -0.130. The first-order valence-electron chi connectivity index (χ1n) is 10.1. The second-order valence-electron chi connectivity index (χ2n) is 7.48. The molecule has 0 saturated heterocycles. The largest absolute Gasteiger partial charge is 0.493 e. The lowest BCUT2D eigenvalue weighted by Crippen LogP contribution is -2.17. The number of carbonyl (C=O) groups is 1. The quantitative estimate of drug-likeness (QED) is 0.577. The van der Waals surface area contributed by atoms with Crippen molar-refractivity contribution < 1.29 is 14.3 Å². The van der Waals surface area contributed by atoms with Gasteiger partial charge in [-0.3, -0.25) is 4.79 Å². The molecular formula is C23H26N2O3S2. The van der Waals surface area contributed by atoms with Crippen molar-refractivity contribution in [2.24, 2.45) is 5.92 Å². The van der Waals surface area contributed by atoms with E-state index in [1.165, 1.54) is 11.3 Å². The Balaban J connectivity index is 1.72. The first-order valence-corrected chi connectivity index (χ1v) is 11.4. The van der Waals surface area contributed by atoms with Gasteiger partial charge in [0.15, 0.2) is 11.5 Å². The van der Waals surface area contributed by atoms with Crippen LogP contribution in [0.3, 0.4) is 0 Å². The van der Waals surface area contributed by atoms with Gasteiger partial charge in [-0.15, -0.1) is 11.3 Å². The minimum absolute atomic E-state index is 0.130. The number of carbonyl (C=O) groups excluding carboxylic acids is 1. The third-order valence-corrected chi connectivity index (χ3v) is 6.75. The van der Waals surface area contributed by atoms with Gasteiger partial charge in [0.05, 0.1) is 23.1 Å². The van der Waals surface area contributed by atoms with Crippen LogP contribution in [-0.2, 0) is 24.1 Å². The van der Waals surface area contributed by atoms with Gasteiger partial charge in [-0.05, 0) is 67.3 Å². The van der Waals surface area contributed by atoms with Gasteiger partial charge in [0.2, 0.25) is 5.91 Å². The van der Waals surface area contributed by atoms with Gasteiger partial charge in [-0.2, -0.15) is 5.26 Å². The first kappa shape index (κ1) is 22.3. The van der Waals surface area contributed by atoms with Crippen molar-refractivity contribution >= 4 is 34.5 Å². The molecule has 1 atom stereocenters. The Bertz CT molecular complexity index is 1040. The number of hydrogen-bond donors (Lipinski definition) is 1. The summed E-state index contributed by atoms with van der Waals surface area (Å²) in [5.74, 6) is 1.79. The van der Waals surface area contributed by atoms with Crippen molar-refractivity contribution in [3.63, 3.8) is 0 Å². The number of nitrogens with one attached hydrogen (secondary N) is 1. The molecule has 1 amide bonds. The van der Waals surface area contributed by atoms with Crippen LogP contribution in [0.15, 0.2) is 18.2 Å². The summed E-state index contributed by atoms with van der Waals surface area (Å²) in [4.78, 5) is 12.6. The molecule has 0 saturated carbocycles. The van der Waals surface area contributed by atoms with E-state index in [-0.39, 0.29) is 5.91 Å². The van der Waals surface area contributed by atoms with Crippen LogP contribution in [0.1, 0.15) is 48.9 Å². The Morgan fingerprint density at radius 2 is 2.17 bits per heavy atom. The average Bonchev–Trinajstić information content (AvgIpc) is 2.74. The molecule has 3 rings (SSSR count). The molecule has 1 unspecified atom stereocenters. The summed E-state index contributed by atoms with van der Waals surface area (Å²) in [6.45, 7) is 4.69. The fourth-order valence-corrected chi connectivity index (χ4v) is 5.14.